The highest BCUT2D eigenvalue weighted by Crippen LogP contribution is 2.37. The van der Waals surface area contributed by atoms with Crippen LogP contribution in [0.4, 0.5) is 17.1 Å². The van der Waals surface area contributed by atoms with Crippen LogP contribution in [0.15, 0.2) is 40.9 Å². The third kappa shape index (κ3) is 2.45. The molecule has 0 atom stereocenters. The first-order chi connectivity index (χ1) is 9.15. The summed E-state index contributed by atoms with van der Waals surface area (Å²) in [6.45, 7) is 3.89. The minimum Gasteiger partial charge on any atom is -0.382 e. The molecule has 0 radical (unpaired) electrons. The van der Waals surface area contributed by atoms with E-state index in [-0.39, 0.29) is 0 Å². The second-order valence-electron chi connectivity index (χ2n) is 4.67. The van der Waals surface area contributed by atoms with Gasteiger partial charge in [0.2, 0.25) is 0 Å². The number of halogens is 2. The van der Waals surface area contributed by atoms with Gasteiger partial charge in [-0.15, -0.1) is 0 Å². The van der Waals surface area contributed by atoms with Gasteiger partial charge in [-0.3, -0.25) is 0 Å². The SMILES string of the molecule is Cc1ccc(N2CCNc3ccc(Br)cc32)cc1Cl. The van der Waals surface area contributed by atoms with Gasteiger partial charge in [-0.2, -0.15) is 0 Å². The first kappa shape index (κ1) is 12.8. The molecular weight excluding hydrogens is 324 g/mol. The van der Waals surface area contributed by atoms with E-state index in [4.69, 9.17) is 11.6 Å². The predicted molar refractivity (Wildman–Crippen MR) is 85.8 cm³/mol. The van der Waals surface area contributed by atoms with E-state index in [1.165, 1.54) is 5.69 Å². The molecule has 1 aliphatic rings. The van der Waals surface area contributed by atoms with E-state index in [0.29, 0.717) is 0 Å². The predicted octanol–water partition coefficient (Wildman–Crippen LogP) is 4.97. The summed E-state index contributed by atoms with van der Waals surface area (Å²) in [4.78, 5) is 2.29. The molecule has 2 aromatic carbocycles. The Balaban J connectivity index is 2.07. The number of fused-ring (bicyclic) bond motifs is 1. The van der Waals surface area contributed by atoms with Gasteiger partial charge >= 0.3 is 0 Å². The van der Waals surface area contributed by atoms with Crippen LogP contribution in [0, 0.1) is 6.92 Å². The molecule has 2 nitrogen and oxygen atoms in total. The summed E-state index contributed by atoms with van der Waals surface area (Å²) in [6.07, 6.45) is 0. The number of nitrogens with zero attached hydrogens (tertiary/aromatic N) is 1. The topological polar surface area (TPSA) is 15.3 Å². The van der Waals surface area contributed by atoms with Crippen molar-refractivity contribution >= 4 is 44.6 Å². The molecule has 0 unspecified atom stereocenters. The molecule has 4 heteroatoms. The lowest BCUT2D eigenvalue weighted by Crippen LogP contribution is -2.30. The smallest absolute Gasteiger partial charge is 0.0658 e. The zero-order valence-electron chi connectivity index (χ0n) is 10.6. The van der Waals surface area contributed by atoms with Crippen LogP contribution in [0.5, 0.6) is 0 Å². The zero-order valence-corrected chi connectivity index (χ0v) is 12.9. The molecule has 0 aliphatic carbocycles. The molecule has 0 spiro atoms. The largest absolute Gasteiger partial charge is 0.382 e. The molecule has 1 aliphatic heterocycles. The van der Waals surface area contributed by atoms with Crippen LogP contribution in [0.2, 0.25) is 5.02 Å². The molecule has 1 N–H and O–H groups in total. The van der Waals surface area contributed by atoms with E-state index in [9.17, 15) is 0 Å². The molecule has 0 bridgehead atoms. The minimum atomic E-state index is 0.813. The average Bonchev–Trinajstić information content (AvgIpc) is 2.41. The fourth-order valence-corrected chi connectivity index (χ4v) is 2.84. The maximum atomic E-state index is 6.24. The zero-order chi connectivity index (χ0) is 13.4. The van der Waals surface area contributed by atoms with E-state index in [1.54, 1.807) is 0 Å². The second kappa shape index (κ2) is 5.06. The van der Waals surface area contributed by atoms with Crippen molar-refractivity contribution in [1.29, 1.82) is 0 Å². The summed E-state index contributed by atoms with van der Waals surface area (Å²) >= 11 is 9.78. The lowest BCUT2D eigenvalue weighted by Gasteiger charge is -2.32. The minimum absolute atomic E-state index is 0.813. The number of benzene rings is 2. The van der Waals surface area contributed by atoms with Crippen molar-refractivity contribution in [2.75, 3.05) is 23.3 Å². The van der Waals surface area contributed by atoms with Crippen LogP contribution >= 0.6 is 27.5 Å². The summed E-state index contributed by atoms with van der Waals surface area (Å²) in [5.74, 6) is 0. The number of hydrogen-bond acceptors (Lipinski definition) is 2. The van der Waals surface area contributed by atoms with Gasteiger partial charge in [-0.25, -0.2) is 0 Å². The number of hydrogen-bond donors (Lipinski definition) is 1. The Hall–Kier alpha value is -1.19. The van der Waals surface area contributed by atoms with Crippen molar-refractivity contribution in [1.82, 2.24) is 0 Å². The van der Waals surface area contributed by atoms with Gasteiger partial charge in [0.05, 0.1) is 11.4 Å². The van der Waals surface area contributed by atoms with Gasteiger partial charge in [0.15, 0.2) is 0 Å². The third-order valence-corrected chi connectivity index (χ3v) is 4.27. The van der Waals surface area contributed by atoms with Gasteiger partial charge in [0, 0.05) is 28.3 Å². The summed E-state index contributed by atoms with van der Waals surface area (Å²) in [5, 5.41) is 4.23. The molecule has 0 fully saturated rings. The molecule has 2 aromatic rings. The van der Waals surface area contributed by atoms with E-state index in [2.05, 4.69) is 56.5 Å². The first-order valence-corrected chi connectivity index (χ1v) is 7.39. The Kier molecular flexibility index (Phi) is 3.42. The fourth-order valence-electron chi connectivity index (χ4n) is 2.32. The second-order valence-corrected chi connectivity index (χ2v) is 6.00. The molecule has 19 heavy (non-hydrogen) atoms. The average molecular weight is 338 g/mol. The summed E-state index contributed by atoms with van der Waals surface area (Å²) in [6, 6.07) is 12.5. The van der Waals surface area contributed by atoms with E-state index in [0.717, 1.165) is 39.5 Å². The van der Waals surface area contributed by atoms with Crippen LogP contribution in [-0.4, -0.2) is 13.1 Å². The molecule has 0 saturated heterocycles. The molecular formula is C15H14BrClN2. The van der Waals surface area contributed by atoms with Gasteiger partial charge < -0.3 is 10.2 Å². The third-order valence-electron chi connectivity index (χ3n) is 3.37. The highest BCUT2D eigenvalue weighted by molar-refractivity contribution is 9.10. The quantitative estimate of drug-likeness (QED) is 0.790. The fraction of sp³-hybridized carbons (Fsp3) is 0.200. The monoisotopic (exact) mass is 336 g/mol. The number of anilines is 3. The van der Waals surface area contributed by atoms with Crippen LogP contribution < -0.4 is 10.2 Å². The lowest BCUT2D eigenvalue weighted by atomic mass is 10.1. The van der Waals surface area contributed by atoms with Gasteiger partial charge in [-0.1, -0.05) is 33.6 Å². The standard InChI is InChI=1S/C15H14BrClN2/c1-10-2-4-12(9-13(10)17)19-7-6-18-14-5-3-11(16)8-15(14)19/h2-5,8-9,18H,6-7H2,1H3. The highest BCUT2D eigenvalue weighted by Gasteiger charge is 2.18. The molecule has 98 valence electrons. The van der Waals surface area contributed by atoms with Gasteiger partial charge in [0.1, 0.15) is 0 Å². The first-order valence-electron chi connectivity index (χ1n) is 6.22. The Bertz CT molecular complexity index is 628. The van der Waals surface area contributed by atoms with Crippen molar-refractivity contribution in [2.45, 2.75) is 6.92 Å². The maximum Gasteiger partial charge on any atom is 0.0658 e. The van der Waals surface area contributed by atoms with E-state index < -0.39 is 0 Å². The van der Waals surface area contributed by atoms with Crippen molar-refractivity contribution in [3.63, 3.8) is 0 Å². The molecule has 0 aromatic heterocycles. The van der Waals surface area contributed by atoms with Crippen molar-refractivity contribution in [3.05, 3.63) is 51.5 Å². The van der Waals surface area contributed by atoms with E-state index in [1.807, 2.05) is 13.0 Å². The summed E-state index contributed by atoms with van der Waals surface area (Å²) < 4.78 is 1.08. The van der Waals surface area contributed by atoms with E-state index >= 15 is 0 Å². The lowest BCUT2D eigenvalue weighted by molar-refractivity contribution is 0.926. The number of rotatable bonds is 1. The Labute approximate surface area is 126 Å². The van der Waals surface area contributed by atoms with Gasteiger partial charge in [0.25, 0.3) is 0 Å². The van der Waals surface area contributed by atoms with Crippen molar-refractivity contribution in [2.24, 2.45) is 0 Å². The molecule has 0 amide bonds. The van der Waals surface area contributed by atoms with Crippen LogP contribution in [0.25, 0.3) is 0 Å². The maximum absolute atomic E-state index is 6.24. The number of aryl methyl sites for hydroxylation is 1. The van der Waals surface area contributed by atoms with Gasteiger partial charge in [-0.05, 0) is 42.8 Å². The molecule has 3 rings (SSSR count). The van der Waals surface area contributed by atoms with Crippen LogP contribution in [0.1, 0.15) is 5.56 Å². The Morgan fingerprint density at radius 3 is 2.84 bits per heavy atom. The highest BCUT2D eigenvalue weighted by atomic mass is 79.9. The Morgan fingerprint density at radius 1 is 1.21 bits per heavy atom. The van der Waals surface area contributed by atoms with Crippen molar-refractivity contribution < 1.29 is 0 Å². The Morgan fingerprint density at radius 2 is 2.05 bits per heavy atom. The van der Waals surface area contributed by atoms with Crippen molar-refractivity contribution in [3.8, 4) is 0 Å². The molecule has 1 heterocycles. The summed E-state index contributed by atoms with van der Waals surface area (Å²) in [5.41, 5.74) is 4.58. The molecule has 0 saturated carbocycles. The summed E-state index contributed by atoms with van der Waals surface area (Å²) in [7, 11) is 0. The van der Waals surface area contributed by atoms with Crippen LogP contribution in [0.3, 0.4) is 0 Å². The van der Waals surface area contributed by atoms with Crippen LogP contribution in [-0.2, 0) is 0 Å². The normalized spacial score (nSPS) is 13.9. The number of nitrogens with one attached hydrogen (secondary N) is 1.